The minimum Gasteiger partial charge on any atom is -0.373 e. The summed E-state index contributed by atoms with van der Waals surface area (Å²) < 4.78 is 0. The Labute approximate surface area is 246 Å². The monoisotopic (exact) mass is 597 g/mol. The summed E-state index contributed by atoms with van der Waals surface area (Å²) in [5.41, 5.74) is 2.39. The molecule has 1 atom stereocenters. The molecule has 2 saturated heterocycles. The van der Waals surface area contributed by atoms with E-state index in [4.69, 9.17) is 23.2 Å². The fraction of sp³-hybridized carbons (Fsp3) is 0.321. The van der Waals surface area contributed by atoms with Crippen molar-refractivity contribution >= 4 is 58.2 Å². The second-order valence-electron chi connectivity index (χ2n) is 10.0. The summed E-state index contributed by atoms with van der Waals surface area (Å²) in [5.74, 6) is -1.47. The van der Waals surface area contributed by atoms with Gasteiger partial charge in [0.15, 0.2) is 0 Å². The number of imide groups is 1. The van der Waals surface area contributed by atoms with Crippen molar-refractivity contribution in [2.24, 2.45) is 0 Å². The summed E-state index contributed by atoms with van der Waals surface area (Å²) in [6.45, 7) is 2.20. The molecule has 0 bridgehead atoms. The van der Waals surface area contributed by atoms with Gasteiger partial charge in [-0.25, -0.2) is 0 Å². The number of aromatic nitrogens is 2. The zero-order valence-electron chi connectivity index (χ0n) is 22.0. The number of carbonyl (C=O) groups is 4. The van der Waals surface area contributed by atoms with Crippen LogP contribution in [0.15, 0.2) is 48.7 Å². The third-order valence-electron chi connectivity index (χ3n) is 7.21. The molecule has 41 heavy (non-hydrogen) atoms. The van der Waals surface area contributed by atoms with Crippen LogP contribution in [-0.4, -0.2) is 63.9 Å². The Morgan fingerprint density at radius 3 is 2.41 bits per heavy atom. The Kier molecular flexibility index (Phi) is 8.87. The van der Waals surface area contributed by atoms with Crippen LogP contribution in [0.1, 0.15) is 52.1 Å². The van der Waals surface area contributed by atoms with E-state index in [1.165, 1.54) is 6.20 Å². The number of aromatic amines is 1. The van der Waals surface area contributed by atoms with Gasteiger partial charge in [0.05, 0.1) is 27.5 Å². The molecule has 5 N–H and O–H groups in total. The molecule has 4 amide bonds. The van der Waals surface area contributed by atoms with Gasteiger partial charge in [0, 0.05) is 37.8 Å². The van der Waals surface area contributed by atoms with Crippen LogP contribution in [0.4, 0.5) is 11.4 Å². The van der Waals surface area contributed by atoms with Crippen LogP contribution >= 0.6 is 23.2 Å². The molecule has 0 saturated carbocycles. The van der Waals surface area contributed by atoms with Gasteiger partial charge in [-0.1, -0.05) is 47.5 Å². The fourth-order valence-corrected chi connectivity index (χ4v) is 5.57. The number of likely N-dealkylation sites (tertiary alicyclic amines) is 1. The van der Waals surface area contributed by atoms with Crippen molar-refractivity contribution in [1.82, 2.24) is 25.7 Å². The number of halogens is 2. The van der Waals surface area contributed by atoms with Gasteiger partial charge in [-0.15, -0.1) is 0 Å². The lowest BCUT2D eigenvalue weighted by molar-refractivity contribution is -0.133. The highest BCUT2D eigenvalue weighted by Gasteiger charge is 2.28. The van der Waals surface area contributed by atoms with Crippen molar-refractivity contribution in [3.8, 4) is 0 Å². The first-order chi connectivity index (χ1) is 19.8. The molecule has 3 heterocycles. The van der Waals surface area contributed by atoms with Crippen LogP contribution in [0, 0.1) is 0 Å². The first kappa shape index (κ1) is 28.6. The molecule has 1 unspecified atom stereocenters. The number of carbonyl (C=O) groups excluding carboxylic acids is 4. The first-order valence-corrected chi connectivity index (χ1v) is 14.0. The molecule has 11 nitrogen and oxygen atoms in total. The molecule has 0 aliphatic carbocycles. The van der Waals surface area contributed by atoms with Crippen LogP contribution in [0.25, 0.3) is 0 Å². The minimum absolute atomic E-state index is 0.0551. The van der Waals surface area contributed by atoms with Crippen molar-refractivity contribution in [2.45, 2.75) is 44.3 Å². The molecule has 5 rings (SSSR count). The molecule has 13 heteroatoms. The van der Waals surface area contributed by atoms with Crippen molar-refractivity contribution in [3.05, 3.63) is 75.5 Å². The SMILES string of the molecule is O=C1CCC(Nc2ccccc2CN2CCC(NC(=O)c3[nH]ncc3NC(=O)c3c(Cl)cccc3Cl)CC2)C(=O)N1. The molecule has 2 aliphatic heterocycles. The van der Waals surface area contributed by atoms with Crippen molar-refractivity contribution < 1.29 is 19.2 Å². The molecule has 0 spiro atoms. The Bertz CT molecular complexity index is 1450. The molecule has 2 fully saturated rings. The average molecular weight is 598 g/mol. The summed E-state index contributed by atoms with van der Waals surface area (Å²) in [6.07, 6.45) is 3.60. The first-order valence-electron chi connectivity index (χ1n) is 13.3. The quantitative estimate of drug-likeness (QED) is 0.249. The zero-order chi connectivity index (χ0) is 28.9. The summed E-state index contributed by atoms with van der Waals surface area (Å²) in [4.78, 5) is 51.8. The van der Waals surface area contributed by atoms with Gasteiger partial charge in [-0.2, -0.15) is 5.10 Å². The largest absolute Gasteiger partial charge is 0.373 e. The highest BCUT2D eigenvalue weighted by atomic mass is 35.5. The minimum atomic E-state index is -0.545. The molecule has 0 radical (unpaired) electrons. The van der Waals surface area contributed by atoms with E-state index in [0.717, 1.165) is 37.2 Å². The zero-order valence-corrected chi connectivity index (χ0v) is 23.5. The number of H-pyrrole nitrogens is 1. The summed E-state index contributed by atoms with van der Waals surface area (Å²) in [5, 5.41) is 18.4. The molecule has 214 valence electrons. The van der Waals surface area contributed by atoms with Gasteiger partial charge < -0.3 is 16.0 Å². The third kappa shape index (κ3) is 6.87. The number of hydrogen-bond donors (Lipinski definition) is 5. The Morgan fingerprint density at radius 2 is 1.68 bits per heavy atom. The van der Waals surface area contributed by atoms with Crippen LogP contribution < -0.4 is 21.3 Å². The predicted molar refractivity (Wildman–Crippen MR) is 155 cm³/mol. The smallest absolute Gasteiger partial charge is 0.271 e. The number of benzene rings is 2. The van der Waals surface area contributed by atoms with E-state index in [9.17, 15) is 19.2 Å². The number of rotatable bonds is 8. The van der Waals surface area contributed by atoms with Gasteiger partial charge >= 0.3 is 0 Å². The summed E-state index contributed by atoms with van der Waals surface area (Å²) in [7, 11) is 0. The fourth-order valence-electron chi connectivity index (χ4n) is 5.01. The summed E-state index contributed by atoms with van der Waals surface area (Å²) >= 11 is 12.3. The van der Waals surface area contributed by atoms with E-state index in [0.29, 0.717) is 19.4 Å². The highest BCUT2D eigenvalue weighted by Crippen LogP contribution is 2.26. The van der Waals surface area contributed by atoms with E-state index < -0.39 is 11.9 Å². The standard InChI is InChI=1S/C28H29Cl2N7O4/c29-18-5-3-6-19(30)24(18)27(40)34-22-14-31-36-25(22)28(41)32-17-10-12-37(13-11-17)15-16-4-1-2-7-20(16)33-21-8-9-23(38)35-26(21)39/h1-7,14,17,21,33H,8-13,15H2,(H,31,36)(H,32,41)(H,34,40)(H,35,38,39). The highest BCUT2D eigenvalue weighted by molar-refractivity contribution is 6.40. The van der Waals surface area contributed by atoms with E-state index >= 15 is 0 Å². The predicted octanol–water partition coefficient (Wildman–Crippen LogP) is 3.58. The van der Waals surface area contributed by atoms with Crippen molar-refractivity contribution in [3.63, 3.8) is 0 Å². The maximum Gasteiger partial charge on any atom is 0.271 e. The van der Waals surface area contributed by atoms with Gasteiger partial charge in [0.1, 0.15) is 11.7 Å². The number of hydrogen-bond acceptors (Lipinski definition) is 7. The number of amides is 4. The molecular formula is C28H29Cl2N7O4. The molecular weight excluding hydrogens is 569 g/mol. The number of para-hydroxylation sites is 1. The second-order valence-corrected chi connectivity index (χ2v) is 10.9. The summed E-state index contributed by atoms with van der Waals surface area (Å²) in [6, 6.07) is 12.1. The number of nitrogens with zero attached hydrogens (tertiary/aromatic N) is 2. The lowest BCUT2D eigenvalue weighted by Gasteiger charge is -2.33. The normalized spacial score (nSPS) is 18.0. The maximum absolute atomic E-state index is 13.0. The van der Waals surface area contributed by atoms with Crippen molar-refractivity contribution in [2.75, 3.05) is 23.7 Å². The molecule has 2 aliphatic rings. The lowest BCUT2D eigenvalue weighted by atomic mass is 10.0. The topological polar surface area (TPSA) is 148 Å². The number of nitrogens with one attached hydrogen (secondary N) is 5. The Morgan fingerprint density at radius 1 is 0.951 bits per heavy atom. The van der Waals surface area contributed by atoms with Gasteiger partial charge in [0.25, 0.3) is 11.8 Å². The van der Waals surface area contributed by atoms with Gasteiger partial charge in [-0.05, 0) is 43.0 Å². The Balaban J connectivity index is 1.14. The second kappa shape index (κ2) is 12.7. The molecule has 1 aromatic heterocycles. The van der Waals surface area contributed by atoms with Crippen LogP contribution in [0.3, 0.4) is 0 Å². The maximum atomic E-state index is 13.0. The average Bonchev–Trinajstić information content (AvgIpc) is 3.40. The third-order valence-corrected chi connectivity index (χ3v) is 7.84. The van der Waals surface area contributed by atoms with Gasteiger partial charge in [-0.3, -0.25) is 34.5 Å². The van der Waals surface area contributed by atoms with Crippen LogP contribution in [0.2, 0.25) is 10.0 Å². The lowest BCUT2D eigenvalue weighted by Crippen LogP contribution is -2.47. The molecule has 2 aromatic carbocycles. The van der Waals surface area contributed by atoms with Crippen molar-refractivity contribution in [1.29, 1.82) is 0 Å². The van der Waals surface area contributed by atoms with Crippen LogP contribution in [-0.2, 0) is 16.1 Å². The van der Waals surface area contributed by atoms with E-state index in [2.05, 4.69) is 36.4 Å². The number of anilines is 2. The Hall–Kier alpha value is -3.93. The van der Waals surface area contributed by atoms with E-state index in [1.807, 2.05) is 24.3 Å². The van der Waals surface area contributed by atoms with Crippen LogP contribution in [0.5, 0.6) is 0 Å². The molecule has 3 aromatic rings. The van der Waals surface area contributed by atoms with Gasteiger partial charge in [0.2, 0.25) is 11.8 Å². The van der Waals surface area contributed by atoms with E-state index in [-0.39, 0.29) is 50.8 Å². The van der Waals surface area contributed by atoms with E-state index in [1.54, 1.807) is 18.2 Å². The number of piperidine rings is 2.